The average Bonchev–Trinajstić information content (AvgIpc) is 3.64. The van der Waals surface area contributed by atoms with Crippen LogP contribution in [-0.4, -0.2) is 48.5 Å². The smallest absolute Gasteiger partial charge is 0.270 e. The number of ether oxygens (including phenoxy) is 2. The van der Waals surface area contributed by atoms with E-state index in [2.05, 4.69) is 58.5 Å². The van der Waals surface area contributed by atoms with Crippen molar-refractivity contribution in [3.8, 4) is 5.75 Å². The summed E-state index contributed by atoms with van der Waals surface area (Å²) in [7, 11) is 1.60. The minimum absolute atomic E-state index is 0.127. The topological polar surface area (TPSA) is 80.8 Å². The molecule has 2 aromatic carbocycles. The average molecular weight is 534 g/mol. The van der Waals surface area contributed by atoms with Crippen LogP contribution in [0, 0.1) is 12.8 Å². The van der Waals surface area contributed by atoms with Crippen molar-refractivity contribution in [3.05, 3.63) is 80.8 Å². The van der Waals surface area contributed by atoms with Gasteiger partial charge in [-0.1, -0.05) is 48.7 Å². The Kier molecular flexibility index (Phi) is 8.39. The normalized spacial score (nSPS) is 17.3. The first-order chi connectivity index (χ1) is 18.5. The fourth-order valence-corrected chi connectivity index (χ4v) is 6.11. The number of rotatable bonds is 9. The van der Waals surface area contributed by atoms with E-state index < -0.39 is 0 Å². The van der Waals surface area contributed by atoms with Gasteiger partial charge in [0, 0.05) is 31.5 Å². The van der Waals surface area contributed by atoms with Crippen molar-refractivity contribution in [2.45, 2.75) is 51.7 Å². The molecule has 1 aromatic heterocycles. The lowest BCUT2D eigenvalue weighted by Crippen LogP contribution is -2.43. The van der Waals surface area contributed by atoms with Gasteiger partial charge in [-0.25, -0.2) is 4.98 Å². The number of thiazole rings is 1. The molecule has 0 radical (unpaired) electrons. The van der Waals surface area contributed by atoms with Crippen molar-refractivity contribution in [3.63, 3.8) is 0 Å². The van der Waals surface area contributed by atoms with Crippen LogP contribution >= 0.6 is 11.3 Å². The van der Waals surface area contributed by atoms with Crippen LogP contribution in [0.25, 0.3) is 0 Å². The van der Waals surface area contributed by atoms with Crippen molar-refractivity contribution in [2.24, 2.45) is 5.92 Å². The third kappa shape index (κ3) is 5.92. The van der Waals surface area contributed by atoms with Crippen molar-refractivity contribution < 1.29 is 19.1 Å². The number of methoxy groups -OCH3 is 1. The highest BCUT2D eigenvalue weighted by molar-refractivity contribution is 7.09. The van der Waals surface area contributed by atoms with E-state index in [1.54, 1.807) is 12.5 Å². The molecule has 1 atom stereocenters. The lowest BCUT2D eigenvalue weighted by atomic mass is 9.86. The number of hydrogen-bond acceptors (Lipinski definition) is 6. The number of carbonyl (C=O) groups is 2. The summed E-state index contributed by atoms with van der Waals surface area (Å²) in [5.74, 6) is 0.933. The summed E-state index contributed by atoms with van der Waals surface area (Å²) in [5.41, 5.74) is 5.09. The Morgan fingerprint density at radius 2 is 1.92 bits per heavy atom. The zero-order chi connectivity index (χ0) is 26.5. The van der Waals surface area contributed by atoms with Crippen LogP contribution in [0.5, 0.6) is 5.75 Å². The molecule has 7 nitrogen and oxygen atoms in total. The molecular weight excluding hydrogens is 498 g/mol. The van der Waals surface area contributed by atoms with Crippen LogP contribution in [0.3, 0.4) is 0 Å². The van der Waals surface area contributed by atoms with Crippen LogP contribution in [-0.2, 0) is 22.6 Å². The molecular formula is C30H35N3O4S. The van der Waals surface area contributed by atoms with E-state index in [0.717, 1.165) is 60.5 Å². The van der Waals surface area contributed by atoms with Gasteiger partial charge < -0.3 is 19.7 Å². The number of nitrogens with one attached hydrogen (secondary N) is 1. The van der Waals surface area contributed by atoms with Gasteiger partial charge in [-0.15, -0.1) is 11.3 Å². The quantitative estimate of drug-likeness (QED) is 0.389. The van der Waals surface area contributed by atoms with E-state index >= 15 is 0 Å². The van der Waals surface area contributed by atoms with Gasteiger partial charge in [0.05, 0.1) is 12.6 Å². The van der Waals surface area contributed by atoms with Crippen LogP contribution in [0.2, 0.25) is 0 Å². The van der Waals surface area contributed by atoms with E-state index in [9.17, 15) is 9.59 Å². The molecule has 0 bridgehead atoms. The Morgan fingerprint density at radius 1 is 1.13 bits per heavy atom. The number of amides is 2. The molecule has 0 unspecified atom stereocenters. The van der Waals surface area contributed by atoms with Crippen LogP contribution in [0.1, 0.15) is 69.5 Å². The predicted molar refractivity (Wildman–Crippen MR) is 147 cm³/mol. The largest absolute Gasteiger partial charge is 0.486 e. The standard InChI is InChI=1S/C30H35N3O4S/c1-20-7-9-22(10-8-20)28-25-17-24(37-18-27-32-26(19-38-27)29(34)31-14-16-36-2)12-11-21(25)13-15-33(28)30(35)23-5-3-4-6-23/h7-12,17,19,23,28H,3-6,13-16,18H2,1-2H3,(H,31,34)/t28-/m0/s1. The highest BCUT2D eigenvalue weighted by Crippen LogP contribution is 2.40. The zero-order valence-electron chi connectivity index (χ0n) is 22.1. The number of carbonyl (C=O) groups excluding carboxylic acids is 2. The second-order valence-electron chi connectivity index (χ2n) is 10.1. The second-order valence-corrected chi connectivity index (χ2v) is 11.0. The molecule has 1 saturated carbocycles. The summed E-state index contributed by atoms with van der Waals surface area (Å²) in [5, 5.41) is 5.26. The van der Waals surface area contributed by atoms with Gasteiger partial charge >= 0.3 is 0 Å². The van der Waals surface area contributed by atoms with Gasteiger partial charge in [0.2, 0.25) is 5.91 Å². The molecule has 1 N–H and O–H groups in total. The van der Waals surface area contributed by atoms with Crippen LogP contribution in [0.4, 0.5) is 0 Å². The Labute approximate surface area is 228 Å². The summed E-state index contributed by atoms with van der Waals surface area (Å²) >= 11 is 1.40. The minimum atomic E-state index is -0.216. The zero-order valence-corrected chi connectivity index (χ0v) is 22.9. The van der Waals surface area contributed by atoms with E-state index in [1.807, 2.05) is 6.07 Å². The highest BCUT2D eigenvalue weighted by atomic mass is 32.1. The second kappa shape index (κ2) is 12.1. The molecule has 200 valence electrons. The number of fused-ring (bicyclic) bond motifs is 1. The van der Waals surface area contributed by atoms with E-state index in [0.29, 0.717) is 18.8 Å². The molecule has 0 spiro atoms. The van der Waals surface area contributed by atoms with Gasteiger partial charge in [0.25, 0.3) is 5.91 Å². The molecule has 1 aliphatic heterocycles. The Bertz CT molecular complexity index is 1270. The maximum atomic E-state index is 13.6. The van der Waals surface area contributed by atoms with Crippen molar-refractivity contribution in [1.82, 2.24) is 15.2 Å². The molecule has 2 aliphatic rings. The SMILES string of the molecule is COCCNC(=O)c1csc(COc2ccc3c(c2)[C@H](c2ccc(C)cc2)N(C(=O)C2CCCC2)CC3)n1. The predicted octanol–water partition coefficient (Wildman–Crippen LogP) is 5.07. The van der Waals surface area contributed by atoms with Gasteiger partial charge in [-0.05, 0) is 55.0 Å². The molecule has 8 heteroatoms. The number of nitrogens with zero attached hydrogens (tertiary/aromatic N) is 2. The first kappa shape index (κ1) is 26.4. The Hall–Kier alpha value is -3.23. The molecule has 5 rings (SSSR count). The molecule has 2 amide bonds. The third-order valence-corrected chi connectivity index (χ3v) is 8.29. The summed E-state index contributed by atoms with van der Waals surface area (Å²) in [4.78, 5) is 32.4. The van der Waals surface area contributed by atoms with Crippen molar-refractivity contribution in [2.75, 3.05) is 26.8 Å². The van der Waals surface area contributed by atoms with Gasteiger partial charge in [0.1, 0.15) is 23.1 Å². The number of hydrogen-bond donors (Lipinski definition) is 1. The highest BCUT2D eigenvalue weighted by Gasteiger charge is 2.36. The van der Waals surface area contributed by atoms with Crippen LogP contribution in [0.15, 0.2) is 47.8 Å². The summed E-state index contributed by atoms with van der Waals surface area (Å²) in [6.45, 7) is 3.98. The fourth-order valence-electron chi connectivity index (χ4n) is 5.42. The van der Waals surface area contributed by atoms with Crippen LogP contribution < -0.4 is 10.1 Å². The van der Waals surface area contributed by atoms with E-state index in [1.165, 1.54) is 22.5 Å². The van der Waals surface area contributed by atoms with E-state index in [-0.39, 0.29) is 30.4 Å². The van der Waals surface area contributed by atoms with Crippen molar-refractivity contribution in [1.29, 1.82) is 0 Å². The first-order valence-corrected chi connectivity index (χ1v) is 14.3. The minimum Gasteiger partial charge on any atom is -0.486 e. The maximum Gasteiger partial charge on any atom is 0.270 e. The number of benzene rings is 2. The van der Waals surface area contributed by atoms with E-state index in [4.69, 9.17) is 9.47 Å². The summed E-state index contributed by atoms with van der Waals surface area (Å²) < 4.78 is 11.1. The monoisotopic (exact) mass is 533 g/mol. The number of aromatic nitrogens is 1. The van der Waals surface area contributed by atoms with Crippen molar-refractivity contribution >= 4 is 23.2 Å². The molecule has 38 heavy (non-hydrogen) atoms. The molecule has 1 fully saturated rings. The molecule has 3 aromatic rings. The first-order valence-electron chi connectivity index (χ1n) is 13.4. The third-order valence-electron chi connectivity index (χ3n) is 7.46. The molecule has 0 saturated heterocycles. The van der Waals surface area contributed by atoms with Gasteiger partial charge in [-0.3, -0.25) is 9.59 Å². The lowest BCUT2D eigenvalue weighted by Gasteiger charge is -2.39. The lowest BCUT2D eigenvalue weighted by molar-refractivity contribution is -0.137. The van der Waals surface area contributed by atoms with Gasteiger partial charge in [-0.2, -0.15) is 0 Å². The number of aryl methyl sites for hydroxylation is 1. The molecule has 2 heterocycles. The maximum absolute atomic E-state index is 13.6. The Balaban J connectivity index is 1.35. The molecule has 1 aliphatic carbocycles. The summed E-state index contributed by atoms with van der Waals surface area (Å²) in [6.07, 6.45) is 5.10. The fraction of sp³-hybridized carbons (Fsp3) is 0.433. The van der Waals surface area contributed by atoms with Gasteiger partial charge in [0.15, 0.2) is 0 Å². The summed E-state index contributed by atoms with van der Waals surface area (Å²) in [6, 6.07) is 14.6. The Morgan fingerprint density at radius 3 is 2.68 bits per heavy atom.